The lowest BCUT2D eigenvalue weighted by atomic mass is 10.2. The summed E-state index contributed by atoms with van der Waals surface area (Å²) in [6, 6.07) is 7.32. The predicted octanol–water partition coefficient (Wildman–Crippen LogP) is 2.07. The lowest BCUT2D eigenvalue weighted by molar-refractivity contribution is -0.139. The Morgan fingerprint density at radius 1 is 1.37 bits per heavy atom. The van der Waals surface area contributed by atoms with Crippen LogP contribution in [-0.2, 0) is 20.4 Å². The second kappa shape index (κ2) is 4.57. The molecule has 1 N–H and O–H groups in total. The third-order valence-corrected chi connectivity index (χ3v) is 6.55. The molecule has 2 aromatic rings. The van der Waals surface area contributed by atoms with Crippen molar-refractivity contribution in [2.75, 3.05) is 0 Å². The Hall–Kier alpha value is -1.47. The van der Waals surface area contributed by atoms with Gasteiger partial charge in [-0.2, -0.15) is 0 Å². The smallest absolute Gasteiger partial charge is 0.324 e. The van der Waals surface area contributed by atoms with Gasteiger partial charge in [0.15, 0.2) is 14.6 Å². The number of fused-ring (bicyclic) bond motifs is 1. The van der Waals surface area contributed by atoms with Crippen molar-refractivity contribution < 1.29 is 18.3 Å². The van der Waals surface area contributed by atoms with Crippen LogP contribution in [0.3, 0.4) is 0 Å². The second-order valence-electron chi connectivity index (χ2n) is 4.65. The van der Waals surface area contributed by atoms with Crippen LogP contribution >= 0.6 is 11.3 Å². The normalized spacial score (nSPS) is 12.7. The maximum atomic E-state index is 12.1. The Labute approximate surface area is 114 Å². The van der Waals surface area contributed by atoms with Gasteiger partial charge < -0.3 is 5.11 Å². The summed E-state index contributed by atoms with van der Waals surface area (Å²) in [7, 11) is -3.81. The lowest BCUT2D eigenvalue weighted by Gasteiger charge is -2.18. The van der Waals surface area contributed by atoms with Crippen LogP contribution in [0.5, 0.6) is 0 Å². The summed E-state index contributed by atoms with van der Waals surface area (Å²) < 4.78 is 23.3. The van der Waals surface area contributed by atoms with E-state index in [0.29, 0.717) is 5.01 Å². The molecule has 19 heavy (non-hydrogen) atoms. The molecule has 0 unspecified atom stereocenters. The fourth-order valence-electron chi connectivity index (χ4n) is 1.46. The van der Waals surface area contributed by atoms with Gasteiger partial charge in [-0.15, -0.1) is 11.3 Å². The van der Waals surface area contributed by atoms with E-state index in [1.165, 1.54) is 25.2 Å². The van der Waals surface area contributed by atoms with Crippen LogP contribution in [0.2, 0.25) is 0 Å². The first-order chi connectivity index (χ1) is 8.74. The van der Waals surface area contributed by atoms with Crippen molar-refractivity contribution in [2.24, 2.45) is 0 Å². The average molecular weight is 299 g/mol. The van der Waals surface area contributed by atoms with Gasteiger partial charge in [-0.25, -0.2) is 13.4 Å². The molecule has 0 saturated heterocycles. The molecule has 0 bridgehead atoms. The maximum absolute atomic E-state index is 12.1. The van der Waals surface area contributed by atoms with Crippen molar-refractivity contribution in [1.82, 2.24) is 4.98 Å². The third-order valence-electron chi connectivity index (χ3n) is 2.94. The summed E-state index contributed by atoms with van der Waals surface area (Å²) in [5.74, 6) is -1.71. The number of benzene rings is 1. The Morgan fingerprint density at radius 3 is 2.58 bits per heavy atom. The summed E-state index contributed by atoms with van der Waals surface area (Å²) in [6.45, 7) is 2.38. The van der Waals surface area contributed by atoms with Crippen LogP contribution in [0.25, 0.3) is 10.2 Å². The van der Waals surface area contributed by atoms with Gasteiger partial charge in [-0.3, -0.25) is 4.79 Å². The SMILES string of the molecule is CC(C)(C(=O)O)S(=O)(=O)Cc1nc2ccccc2s1. The van der Waals surface area contributed by atoms with Gasteiger partial charge in [0, 0.05) is 0 Å². The third kappa shape index (κ3) is 2.48. The molecule has 1 aromatic heterocycles. The van der Waals surface area contributed by atoms with Gasteiger partial charge in [0.1, 0.15) is 10.8 Å². The summed E-state index contributed by atoms with van der Waals surface area (Å²) >= 11 is 1.27. The van der Waals surface area contributed by atoms with Crippen LogP contribution < -0.4 is 0 Å². The first-order valence-corrected chi connectivity index (χ1v) is 8.01. The minimum atomic E-state index is -3.81. The van der Waals surface area contributed by atoms with Crippen molar-refractivity contribution in [3.63, 3.8) is 0 Å². The molecule has 0 spiro atoms. The van der Waals surface area contributed by atoms with Crippen LogP contribution in [-0.4, -0.2) is 29.2 Å². The molecule has 102 valence electrons. The van der Waals surface area contributed by atoms with Crippen LogP contribution in [0.15, 0.2) is 24.3 Å². The van der Waals surface area contributed by atoms with E-state index in [1.54, 1.807) is 6.07 Å². The van der Waals surface area contributed by atoms with Crippen molar-refractivity contribution in [2.45, 2.75) is 24.3 Å². The minimum absolute atomic E-state index is 0.356. The Balaban J connectivity index is 2.37. The molecule has 0 fully saturated rings. The van der Waals surface area contributed by atoms with E-state index in [1.807, 2.05) is 18.2 Å². The maximum Gasteiger partial charge on any atom is 0.324 e. The molecule has 1 heterocycles. The highest BCUT2D eigenvalue weighted by Crippen LogP contribution is 2.27. The van der Waals surface area contributed by atoms with Crippen LogP contribution in [0, 0.1) is 0 Å². The number of carboxylic acids is 1. The first kappa shape index (κ1) is 14.0. The number of hydrogen-bond acceptors (Lipinski definition) is 5. The lowest BCUT2D eigenvalue weighted by Crippen LogP contribution is -2.41. The number of carbonyl (C=O) groups is 1. The van der Waals surface area contributed by atoms with E-state index < -0.39 is 20.6 Å². The van der Waals surface area contributed by atoms with Crippen LogP contribution in [0.1, 0.15) is 18.9 Å². The monoisotopic (exact) mass is 299 g/mol. The van der Waals surface area contributed by atoms with Gasteiger partial charge >= 0.3 is 5.97 Å². The van der Waals surface area contributed by atoms with Crippen molar-refractivity contribution in [1.29, 1.82) is 0 Å². The molecule has 0 radical (unpaired) electrons. The van der Waals surface area contributed by atoms with E-state index in [9.17, 15) is 13.2 Å². The highest BCUT2D eigenvalue weighted by Gasteiger charge is 2.42. The molecular formula is C12H13NO4S2. The molecule has 7 heteroatoms. The molecule has 0 saturated carbocycles. The molecule has 2 rings (SSSR count). The van der Waals surface area contributed by atoms with Gasteiger partial charge in [0.2, 0.25) is 0 Å². The number of aromatic nitrogens is 1. The second-order valence-corrected chi connectivity index (χ2v) is 8.30. The minimum Gasteiger partial charge on any atom is -0.480 e. The predicted molar refractivity (Wildman–Crippen MR) is 74.0 cm³/mol. The van der Waals surface area contributed by atoms with E-state index in [-0.39, 0.29) is 5.75 Å². The Bertz CT molecular complexity index is 698. The number of nitrogens with zero attached hydrogens (tertiary/aromatic N) is 1. The van der Waals surface area contributed by atoms with Crippen molar-refractivity contribution in [3.05, 3.63) is 29.3 Å². The van der Waals surface area contributed by atoms with E-state index in [0.717, 1.165) is 10.2 Å². The molecule has 0 atom stereocenters. The van der Waals surface area contributed by atoms with Crippen molar-refractivity contribution in [3.8, 4) is 0 Å². The van der Waals surface area contributed by atoms with Gasteiger partial charge in [-0.1, -0.05) is 12.1 Å². The van der Waals surface area contributed by atoms with E-state index in [2.05, 4.69) is 4.98 Å². The summed E-state index contributed by atoms with van der Waals surface area (Å²) in [5.41, 5.74) is 0.728. The largest absolute Gasteiger partial charge is 0.480 e. The standard InChI is InChI=1S/C12H13NO4S2/c1-12(2,11(14)15)19(16,17)7-10-13-8-5-3-4-6-9(8)18-10/h3-6H,7H2,1-2H3,(H,14,15). The molecule has 0 aliphatic rings. The Kier molecular flexibility index (Phi) is 3.36. The zero-order valence-electron chi connectivity index (χ0n) is 10.5. The summed E-state index contributed by atoms with van der Waals surface area (Å²) in [4.78, 5) is 15.3. The molecule has 0 aliphatic carbocycles. The van der Waals surface area contributed by atoms with E-state index >= 15 is 0 Å². The molecule has 5 nitrogen and oxygen atoms in total. The highest BCUT2D eigenvalue weighted by atomic mass is 32.2. The highest BCUT2D eigenvalue weighted by molar-refractivity contribution is 7.92. The van der Waals surface area contributed by atoms with Gasteiger partial charge in [0.05, 0.1) is 10.2 Å². The number of para-hydroxylation sites is 1. The molecule has 0 aliphatic heterocycles. The number of sulfone groups is 1. The molecular weight excluding hydrogens is 286 g/mol. The van der Waals surface area contributed by atoms with Gasteiger partial charge in [0.25, 0.3) is 0 Å². The zero-order valence-corrected chi connectivity index (χ0v) is 12.1. The van der Waals surface area contributed by atoms with E-state index in [4.69, 9.17) is 5.11 Å². The first-order valence-electron chi connectivity index (χ1n) is 5.54. The quantitative estimate of drug-likeness (QED) is 0.934. The van der Waals surface area contributed by atoms with Gasteiger partial charge in [-0.05, 0) is 26.0 Å². The van der Waals surface area contributed by atoms with Crippen LogP contribution in [0.4, 0.5) is 0 Å². The number of hydrogen-bond donors (Lipinski definition) is 1. The fourth-order valence-corrected chi connectivity index (χ4v) is 3.94. The summed E-state index contributed by atoms with van der Waals surface area (Å²) in [5, 5.41) is 9.41. The zero-order chi connectivity index (χ0) is 14.3. The Morgan fingerprint density at radius 2 is 2.00 bits per heavy atom. The molecule has 1 aromatic carbocycles. The topological polar surface area (TPSA) is 84.3 Å². The number of rotatable bonds is 4. The number of aliphatic carboxylic acids is 1. The average Bonchev–Trinajstić information content (AvgIpc) is 2.69. The number of thiazole rings is 1. The fraction of sp³-hybridized carbons (Fsp3) is 0.333. The molecule has 0 amide bonds. The van der Waals surface area contributed by atoms with Crippen molar-refractivity contribution >= 4 is 37.4 Å². The number of carboxylic acid groups (broad SMARTS) is 1. The summed E-state index contributed by atoms with van der Waals surface area (Å²) in [6.07, 6.45) is 0.